The lowest BCUT2D eigenvalue weighted by molar-refractivity contribution is -0.384. The van der Waals surface area contributed by atoms with Gasteiger partial charge in [0.1, 0.15) is 11.8 Å². The van der Waals surface area contributed by atoms with E-state index in [0.29, 0.717) is 4.88 Å². The number of nitro benzene ring substituents is 1. The Morgan fingerprint density at radius 3 is 2.35 bits per heavy atom. The van der Waals surface area contributed by atoms with Crippen LogP contribution in [0.15, 0.2) is 58.4 Å². The van der Waals surface area contributed by atoms with E-state index in [2.05, 4.69) is 5.32 Å². The van der Waals surface area contributed by atoms with Crippen molar-refractivity contribution in [3.8, 4) is 0 Å². The van der Waals surface area contributed by atoms with Gasteiger partial charge in [-0.15, -0.1) is 0 Å². The Hall–Kier alpha value is -3.98. The maximum Gasteiger partial charge on any atom is 0.418 e. The van der Waals surface area contributed by atoms with Crippen molar-refractivity contribution < 1.29 is 32.5 Å². The highest BCUT2D eigenvalue weighted by Crippen LogP contribution is 2.54. The largest absolute Gasteiger partial charge is 0.418 e. The molecule has 0 radical (unpaired) electrons. The number of fused-ring (bicyclic) bond motifs is 2. The van der Waals surface area contributed by atoms with Crippen LogP contribution in [0.25, 0.3) is 0 Å². The van der Waals surface area contributed by atoms with E-state index in [-0.39, 0.29) is 16.4 Å². The number of non-ortho nitro benzene ring substituents is 1. The summed E-state index contributed by atoms with van der Waals surface area (Å²) in [6.45, 7) is 2.80. The third-order valence-electron chi connectivity index (χ3n) is 6.83. The van der Waals surface area contributed by atoms with Gasteiger partial charge in [0, 0.05) is 22.4 Å². The minimum atomic E-state index is -4.71. The number of carbonyl (C=O) groups is 3. The number of nitrogens with zero attached hydrogens (tertiary/aromatic N) is 3. The molecule has 5 rings (SSSR count). The lowest BCUT2D eigenvalue weighted by atomic mass is 9.76. The van der Waals surface area contributed by atoms with E-state index in [9.17, 15) is 42.5 Å². The fourth-order valence-electron chi connectivity index (χ4n) is 4.92. The van der Waals surface area contributed by atoms with E-state index >= 15 is 0 Å². The first kappa shape index (κ1) is 27.6. The van der Waals surface area contributed by atoms with E-state index < -0.39 is 68.1 Å². The zero-order valence-corrected chi connectivity index (χ0v) is 22.4. The Morgan fingerprint density at radius 1 is 1.07 bits per heavy atom. The van der Waals surface area contributed by atoms with E-state index in [0.717, 1.165) is 44.7 Å². The fourth-order valence-corrected chi connectivity index (χ4v) is 7.96. The first-order valence-electron chi connectivity index (χ1n) is 11.7. The number of halogens is 3. The van der Waals surface area contributed by atoms with Crippen molar-refractivity contribution in [2.75, 3.05) is 10.2 Å². The summed E-state index contributed by atoms with van der Waals surface area (Å²) in [5.74, 6) is -2.85. The van der Waals surface area contributed by atoms with Gasteiger partial charge in [0.25, 0.3) is 5.69 Å². The molecule has 3 amide bonds. The first-order chi connectivity index (χ1) is 18.7. The van der Waals surface area contributed by atoms with Crippen LogP contribution in [0.5, 0.6) is 0 Å². The molecule has 2 aliphatic rings. The number of hydrogen-bond acceptors (Lipinski definition) is 8. The van der Waals surface area contributed by atoms with Crippen molar-refractivity contribution >= 4 is 57.9 Å². The molecule has 208 valence electrons. The highest BCUT2D eigenvalue weighted by Gasteiger charge is 2.59. The van der Waals surface area contributed by atoms with Crippen LogP contribution in [0, 0.1) is 16.0 Å². The molecule has 0 aliphatic carbocycles. The number of anilines is 2. The third-order valence-corrected chi connectivity index (χ3v) is 9.65. The number of imide groups is 1. The average molecular weight is 593 g/mol. The minimum Gasteiger partial charge on any atom is -0.324 e. The van der Waals surface area contributed by atoms with Crippen LogP contribution in [-0.2, 0) is 32.5 Å². The summed E-state index contributed by atoms with van der Waals surface area (Å²) in [4.78, 5) is 64.0. The molecule has 15 heteroatoms. The van der Waals surface area contributed by atoms with Crippen molar-refractivity contribution in [2.45, 2.75) is 42.3 Å². The minimum absolute atomic E-state index is 0.162. The second-order valence-corrected chi connectivity index (χ2v) is 11.8. The number of carbonyl (C=O) groups excluding carboxylic acids is 3. The number of nitro groups is 1. The lowest BCUT2D eigenvalue weighted by Gasteiger charge is -2.36. The molecule has 0 saturated carbocycles. The van der Waals surface area contributed by atoms with Crippen LogP contribution in [-0.4, -0.2) is 32.5 Å². The Bertz CT molecular complexity index is 1630. The second-order valence-electron chi connectivity index (χ2n) is 9.70. The number of amides is 3. The molecule has 0 spiro atoms. The maximum absolute atomic E-state index is 13.5. The molecule has 3 aromatic rings. The Balaban J connectivity index is 1.45. The van der Waals surface area contributed by atoms with Gasteiger partial charge in [-0.2, -0.15) is 13.2 Å². The topological polar surface area (TPSA) is 132 Å². The molecule has 2 aliphatic heterocycles. The number of nitrogens with one attached hydrogen (secondary N) is 1. The van der Waals surface area contributed by atoms with Gasteiger partial charge in [0.15, 0.2) is 0 Å². The molecule has 1 aromatic heterocycles. The number of benzene rings is 2. The van der Waals surface area contributed by atoms with Crippen LogP contribution >= 0.6 is 23.1 Å². The van der Waals surface area contributed by atoms with Crippen molar-refractivity contribution in [3.63, 3.8) is 0 Å². The zero-order chi connectivity index (χ0) is 29.1. The van der Waals surface area contributed by atoms with E-state index in [1.807, 2.05) is 0 Å². The molecule has 1 saturated heterocycles. The van der Waals surface area contributed by atoms with Crippen LogP contribution in [0.4, 0.5) is 30.2 Å². The van der Waals surface area contributed by atoms with Gasteiger partial charge in [-0.1, -0.05) is 49.1 Å². The van der Waals surface area contributed by atoms with Crippen LogP contribution in [0.3, 0.4) is 0 Å². The van der Waals surface area contributed by atoms with Gasteiger partial charge in [-0.3, -0.25) is 33.9 Å². The summed E-state index contributed by atoms with van der Waals surface area (Å²) in [6, 6.07) is 9.42. The van der Waals surface area contributed by atoms with Crippen molar-refractivity contribution in [1.82, 2.24) is 4.57 Å². The number of rotatable bonds is 5. The summed E-state index contributed by atoms with van der Waals surface area (Å²) in [6.07, 6.45) is -4.71. The Kier molecular flexibility index (Phi) is 6.61. The monoisotopic (exact) mass is 592 g/mol. The molecular formula is C25H19F3N4O6S2. The summed E-state index contributed by atoms with van der Waals surface area (Å²) in [5, 5.41) is 12.5. The third kappa shape index (κ3) is 4.48. The molecule has 0 bridgehead atoms. The van der Waals surface area contributed by atoms with Crippen LogP contribution in [0.1, 0.15) is 24.3 Å². The predicted molar refractivity (Wildman–Crippen MR) is 140 cm³/mol. The normalized spacial score (nSPS) is 19.8. The van der Waals surface area contributed by atoms with Gasteiger partial charge >= 0.3 is 11.0 Å². The van der Waals surface area contributed by atoms with E-state index in [1.165, 1.54) is 36.4 Å². The molecule has 3 heterocycles. The average Bonchev–Trinajstić information content (AvgIpc) is 3.32. The molecule has 1 fully saturated rings. The lowest BCUT2D eigenvalue weighted by Crippen LogP contribution is -2.42. The molecule has 1 N–H and O–H groups in total. The van der Waals surface area contributed by atoms with Gasteiger partial charge in [0.05, 0.1) is 32.8 Å². The molecular weight excluding hydrogens is 573 g/mol. The summed E-state index contributed by atoms with van der Waals surface area (Å²) >= 11 is 1.75. The summed E-state index contributed by atoms with van der Waals surface area (Å²) < 4.78 is 41.2. The number of para-hydroxylation sites is 1. The smallest absolute Gasteiger partial charge is 0.324 e. The van der Waals surface area contributed by atoms with Crippen LogP contribution < -0.4 is 15.1 Å². The highest BCUT2D eigenvalue weighted by atomic mass is 32.2. The van der Waals surface area contributed by atoms with Gasteiger partial charge in [0.2, 0.25) is 17.7 Å². The fraction of sp³-hybridized carbons (Fsp3) is 0.280. The van der Waals surface area contributed by atoms with Gasteiger partial charge in [-0.05, 0) is 24.3 Å². The standard InChI is InChI=1S/C25H19F3N4O6S2/c1-24(2)17-18(21(35)31(20(17)34)12-7-9-13(10-8-12)32(37)38)39-22-19(24)40-23(36)30(22)11-16(33)29-15-6-4-3-5-14(15)25(26,27)28/h3-10,17-18H,11H2,1-2H3,(H,29,33). The van der Waals surface area contributed by atoms with Gasteiger partial charge < -0.3 is 5.32 Å². The molecule has 40 heavy (non-hydrogen) atoms. The quantitative estimate of drug-likeness (QED) is 0.264. The SMILES string of the molecule is CC1(C)c2sc(=O)n(CC(=O)Nc3ccccc3C(F)(F)F)c2SC2C(=O)N(c3ccc([N+](=O)[O-])cc3)C(=O)C21. The molecule has 2 unspecified atom stereocenters. The van der Waals surface area contributed by atoms with Crippen molar-refractivity contribution in [3.05, 3.63) is 78.8 Å². The number of thioether (sulfide) groups is 1. The van der Waals surface area contributed by atoms with Crippen molar-refractivity contribution in [2.24, 2.45) is 5.92 Å². The number of aromatic nitrogens is 1. The number of thiazole rings is 1. The van der Waals surface area contributed by atoms with E-state index in [1.54, 1.807) is 13.8 Å². The van der Waals surface area contributed by atoms with Crippen molar-refractivity contribution in [1.29, 1.82) is 0 Å². The van der Waals surface area contributed by atoms with E-state index in [4.69, 9.17) is 0 Å². The molecule has 10 nitrogen and oxygen atoms in total. The first-order valence-corrected chi connectivity index (χ1v) is 13.4. The Labute approximate surface area is 231 Å². The predicted octanol–water partition coefficient (Wildman–Crippen LogP) is 4.42. The number of alkyl halides is 3. The van der Waals surface area contributed by atoms with Gasteiger partial charge in [-0.25, -0.2) is 4.90 Å². The maximum atomic E-state index is 13.5. The second kappa shape index (κ2) is 9.59. The Morgan fingerprint density at radius 2 is 1.73 bits per heavy atom. The zero-order valence-electron chi connectivity index (χ0n) is 20.7. The van der Waals surface area contributed by atoms with Crippen LogP contribution in [0.2, 0.25) is 0 Å². The molecule has 2 atom stereocenters. The number of hydrogen-bond donors (Lipinski definition) is 1. The highest BCUT2D eigenvalue weighted by molar-refractivity contribution is 8.00. The summed E-state index contributed by atoms with van der Waals surface area (Å²) in [7, 11) is 0. The molecule has 2 aromatic carbocycles. The summed E-state index contributed by atoms with van der Waals surface area (Å²) in [5.41, 5.74) is -2.56.